The Labute approximate surface area is 164 Å². The van der Waals surface area contributed by atoms with Gasteiger partial charge in [0.2, 0.25) is 5.91 Å². The van der Waals surface area contributed by atoms with Gasteiger partial charge in [-0.3, -0.25) is 4.79 Å². The lowest BCUT2D eigenvalue weighted by molar-refractivity contribution is -0.150. The number of carbonyl (C=O) groups excluding carboxylic acids is 1. The van der Waals surface area contributed by atoms with Crippen LogP contribution in [0.4, 0.5) is 13.2 Å². The molecule has 1 aromatic carbocycles. The molecule has 1 aliphatic carbocycles. The maximum Gasteiger partial charge on any atom is 0.416 e. The molecule has 156 valence electrons. The largest absolute Gasteiger partial charge is 0.416 e. The molecule has 2 aliphatic rings. The van der Waals surface area contributed by atoms with Gasteiger partial charge in [0.1, 0.15) is 0 Å². The predicted molar refractivity (Wildman–Crippen MR) is 102 cm³/mol. The number of halogens is 3. The van der Waals surface area contributed by atoms with Crippen LogP contribution < -0.4 is 0 Å². The third kappa shape index (κ3) is 5.07. The maximum absolute atomic E-state index is 13.3. The first-order valence-electron chi connectivity index (χ1n) is 10.2. The summed E-state index contributed by atoms with van der Waals surface area (Å²) < 4.78 is 40.0. The Balaban J connectivity index is 1.57. The first-order valence-corrected chi connectivity index (χ1v) is 10.2. The second-order valence-corrected chi connectivity index (χ2v) is 8.94. The molecule has 0 bridgehead atoms. The van der Waals surface area contributed by atoms with E-state index >= 15 is 0 Å². The molecule has 1 aromatic rings. The highest BCUT2D eigenvalue weighted by Gasteiger charge is 2.44. The van der Waals surface area contributed by atoms with Crippen LogP contribution in [0.5, 0.6) is 0 Å². The first kappa shape index (κ1) is 21.2. The molecule has 0 unspecified atom stereocenters. The lowest BCUT2D eigenvalue weighted by Crippen LogP contribution is -2.50. The zero-order valence-corrected chi connectivity index (χ0v) is 16.7. The van der Waals surface area contributed by atoms with Gasteiger partial charge in [-0.25, -0.2) is 0 Å². The lowest BCUT2D eigenvalue weighted by atomic mass is 9.71. The Morgan fingerprint density at radius 1 is 1.21 bits per heavy atom. The molecule has 1 amide bonds. The van der Waals surface area contributed by atoms with Gasteiger partial charge >= 0.3 is 6.18 Å². The highest BCUT2D eigenvalue weighted by atomic mass is 19.4. The molecule has 1 N–H and O–H groups in total. The molecule has 2 fully saturated rings. The zero-order valence-electron chi connectivity index (χ0n) is 16.7. The average Bonchev–Trinajstić information content (AvgIpc) is 2.53. The molecule has 0 atom stereocenters. The summed E-state index contributed by atoms with van der Waals surface area (Å²) in [6.07, 6.45) is 0.457. The van der Waals surface area contributed by atoms with E-state index in [0.717, 1.165) is 31.2 Å². The standard InChI is InChI=1S/C22H30F3NO2/c1-15-7-8-19(22(23,24)25)17(11-15)12-16-5-3-9-26(10-4-6-16)20(27)18-13-21(2,28)14-18/h7-8,11,16,18,28H,3-6,9-10,12-14H2,1-2H3/t18-,21+. The maximum atomic E-state index is 13.3. The molecule has 3 rings (SSSR count). The monoisotopic (exact) mass is 397 g/mol. The van der Waals surface area contributed by atoms with Crippen molar-refractivity contribution in [3.8, 4) is 0 Å². The fraction of sp³-hybridized carbons (Fsp3) is 0.682. The minimum Gasteiger partial charge on any atom is -0.390 e. The molecule has 3 nitrogen and oxygen atoms in total. The molecule has 1 saturated heterocycles. The second kappa shape index (κ2) is 8.05. The van der Waals surface area contributed by atoms with Crippen molar-refractivity contribution < 1.29 is 23.1 Å². The summed E-state index contributed by atoms with van der Waals surface area (Å²) in [5.41, 5.74) is 0.0109. The molecular weight excluding hydrogens is 367 g/mol. The SMILES string of the molecule is Cc1ccc(C(F)(F)F)c(CC2CCCN(C(=O)[C@H]3C[C@@](C)(O)C3)CCC2)c1. The molecule has 0 aromatic heterocycles. The number of likely N-dealkylation sites (tertiary alicyclic amines) is 1. The van der Waals surface area contributed by atoms with E-state index in [9.17, 15) is 23.1 Å². The predicted octanol–water partition coefficient (Wildman–Crippen LogP) is 4.74. The third-order valence-electron chi connectivity index (χ3n) is 6.19. The minimum atomic E-state index is -4.32. The van der Waals surface area contributed by atoms with Crippen LogP contribution in [0.25, 0.3) is 0 Å². The van der Waals surface area contributed by atoms with Crippen molar-refractivity contribution in [3.05, 3.63) is 34.9 Å². The molecule has 6 heteroatoms. The van der Waals surface area contributed by atoms with Gasteiger partial charge in [-0.1, -0.05) is 17.7 Å². The summed E-state index contributed by atoms with van der Waals surface area (Å²) in [4.78, 5) is 14.5. The Morgan fingerprint density at radius 2 is 1.82 bits per heavy atom. The first-order chi connectivity index (χ1) is 13.0. The smallest absolute Gasteiger partial charge is 0.390 e. The number of amides is 1. The van der Waals surface area contributed by atoms with E-state index in [1.54, 1.807) is 13.0 Å². The number of aliphatic hydroxyl groups is 1. The fourth-order valence-corrected chi connectivity index (χ4v) is 4.74. The Bertz CT molecular complexity index is 696. The van der Waals surface area contributed by atoms with Crippen LogP contribution in [-0.2, 0) is 17.4 Å². The highest BCUT2D eigenvalue weighted by Crippen LogP contribution is 2.39. The minimum absolute atomic E-state index is 0.0770. The van der Waals surface area contributed by atoms with E-state index in [1.165, 1.54) is 12.1 Å². The average molecular weight is 397 g/mol. The number of carbonyl (C=O) groups is 1. The summed E-state index contributed by atoms with van der Waals surface area (Å²) >= 11 is 0. The summed E-state index contributed by atoms with van der Waals surface area (Å²) in [5.74, 6) is 0.263. The Kier molecular flexibility index (Phi) is 6.08. The molecule has 0 spiro atoms. The fourth-order valence-electron chi connectivity index (χ4n) is 4.74. The highest BCUT2D eigenvalue weighted by molar-refractivity contribution is 5.80. The van der Waals surface area contributed by atoms with E-state index in [2.05, 4.69) is 0 Å². The molecule has 1 aliphatic heterocycles. The van der Waals surface area contributed by atoms with Crippen molar-refractivity contribution in [1.29, 1.82) is 0 Å². The molecule has 0 radical (unpaired) electrons. The van der Waals surface area contributed by atoms with Gasteiger partial charge in [-0.05, 0) is 76.3 Å². The topological polar surface area (TPSA) is 40.5 Å². The van der Waals surface area contributed by atoms with E-state index in [-0.39, 0.29) is 17.7 Å². The molecular formula is C22H30F3NO2. The van der Waals surface area contributed by atoms with E-state index < -0.39 is 17.3 Å². The number of nitrogens with zero attached hydrogens (tertiary/aromatic N) is 1. The van der Waals surface area contributed by atoms with Gasteiger partial charge in [0.05, 0.1) is 11.2 Å². The number of rotatable bonds is 3. The van der Waals surface area contributed by atoms with E-state index in [0.29, 0.717) is 37.9 Å². The van der Waals surface area contributed by atoms with Crippen LogP contribution in [-0.4, -0.2) is 34.6 Å². The van der Waals surface area contributed by atoms with Gasteiger partial charge < -0.3 is 10.0 Å². The van der Waals surface area contributed by atoms with Crippen LogP contribution in [0.2, 0.25) is 0 Å². The van der Waals surface area contributed by atoms with Gasteiger partial charge in [0.25, 0.3) is 0 Å². The van der Waals surface area contributed by atoms with Crippen molar-refractivity contribution in [3.63, 3.8) is 0 Å². The van der Waals surface area contributed by atoms with Crippen LogP contribution in [0.15, 0.2) is 18.2 Å². The number of alkyl halides is 3. The van der Waals surface area contributed by atoms with Gasteiger partial charge in [0.15, 0.2) is 0 Å². The van der Waals surface area contributed by atoms with Gasteiger partial charge in [0, 0.05) is 19.0 Å². The van der Waals surface area contributed by atoms with Crippen LogP contribution in [0, 0.1) is 18.8 Å². The summed E-state index contributed by atoms with van der Waals surface area (Å²) in [6.45, 7) is 4.90. The van der Waals surface area contributed by atoms with Crippen LogP contribution >= 0.6 is 0 Å². The van der Waals surface area contributed by atoms with E-state index in [1.807, 2.05) is 11.8 Å². The number of hydrogen-bond donors (Lipinski definition) is 1. The van der Waals surface area contributed by atoms with Crippen molar-refractivity contribution in [2.75, 3.05) is 13.1 Å². The lowest BCUT2D eigenvalue weighted by Gasteiger charge is -2.42. The number of aryl methyl sites for hydroxylation is 1. The third-order valence-corrected chi connectivity index (χ3v) is 6.19. The second-order valence-electron chi connectivity index (χ2n) is 8.94. The molecule has 1 heterocycles. The zero-order chi connectivity index (χ0) is 20.5. The summed E-state index contributed by atoms with van der Waals surface area (Å²) in [5, 5.41) is 9.85. The van der Waals surface area contributed by atoms with Gasteiger partial charge in [-0.15, -0.1) is 0 Å². The van der Waals surface area contributed by atoms with Crippen LogP contribution in [0.3, 0.4) is 0 Å². The van der Waals surface area contributed by atoms with Crippen molar-refractivity contribution >= 4 is 5.91 Å². The van der Waals surface area contributed by atoms with Crippen molar-refractivity contribution in [2.24, 2.45) is 11.8 Å². The van der Waals surface area contributed by atoms with Crippen molar-refractivity contribution in [1.82, 2.24) is 4.90 Å². The van der Waals surface area contributed by atoms with Gasteiger partial charge in [-0.2, -0.15) is 13.2 Å². The Hall–Kier alpha value is -1.56. The quantitative estimate of drug-likeness (QED) is 0.801. The molecule has 1 saturated carbocycles. The summed E-state index contributed by atoms with van der Waals surface area (Å²) in [7, 11) is 0. The van der Waals surface area contributed by atoms with E-state index in [4.69, 9.17) is 0 Å². The summed E-state index contributed by atoms with van der Waals surface area (Å²) in [6, 6.07) is 4.38. The molecule has 28 heavy (non-hydrogen) atoms. The number of hydrogen-bond acceptors (Lipinski definition) is 2. The van der Waals surface area contributed by atoms with Crippen LogP contribution in [0.1, 0.15) is 62.1 Å². The Morgan fingerprint density at radius 3 is 2.36 bits per heavy atom. The normalized spacial score (nSPS) is 27.1. The van der Waals surface area contributed by atoms with Crippen molar-refractivity contribution in [2.45, 2.75) is 70.6 Å². The number of benzene rings is 1.